The molecule has 8 heteroatoms. The van der Waals surface area contributed by atoms with Crippen LogP contribution in [0.1, 0.15) is 47.0 Å². The second-order valence-electron chi connectivity index (χ2n) is 9.35. The summed E-state index contributed by atoms with van der Waals surface area (Å²) in [4.78, 5) is 31.7. The van der Waals surface area contributed by atoms with E-state index in [1.165, 1.54) is 0 Å². The number of carbonyl (C=O) groups is 2. The van der Waals surface area contributed by atoms with Crippen LogP contribution in [0.2, 0.25) is 5.02 Å². The summed E-state index contributed by atoms with van der Waals surface area (Å²) in [6.45, 7) is 11.0. The molecule has 0 radical (unpaired) electrons. The first-order valence-electron chi connectivity index (χ1n) is 12.2. The molecule has 1 aromatic carbocycles. The molecule has 1 fully saturated rings. The fraction of sp³-hybridized carbons (Fsp3) is 0.538. The molecular formula is C26H36ClN5O2. The smallest absolute Gasteiger partial charge is 0.242 e. The van der Waals surface area contributed by atoms with E-state index in [-0.39, 0.29) is 30.3 Å². The molecule has 34 heavy (non-hydrogen) atoms. The summed E-state index contributed by atoms with van der Waals surface area (Å²) in [5.74, 6) is 1.13. The summed E-state index contributed by atoms with van der Waals surface area (Å²) >= 11 is 6.28. The van der Waals surface area contributed by atoms with Crippen molar-refractivity contribution in [3.05, 3.63) is 41.4 Å². The monoisotopic (exact) mass is 485 g/mol. The van der Waals surface area contributed by atoms with Crippen molar-refractivity contribution in [3.63, 3.8) is 0 Å². The summed E-state index contributed by atoms with van der Waals surface area (Å²) in [7, 11) is 0. The summed E-state index contributed by atoms with van der Waals surface area (Å²) in [6, 6.07) is 11.5. The molecule has 0 bridgehead atoms. The number of rotatable bonds is 8. The highest BCUT2D eigenvalue weighted by Gasteiger charge is 2.26. The highest BCUT2D eigenvalue weighted by Crippen LogP contribution is 2.26. The Bertz CT molecular complexity index is 966. The summed E-state index contributed by atoms with van der Waals surface area (Å²) in [5.41, 5.74) is 1.59. The van der Waals surface area contributed by atoms with Crippen molar-refractivity contribution in [3.8, 4) is 11.3 Å². The topological polar surface area (TPSA) is 69.6 Å². The van der Waals surface area contributed by atoms with Gasteiger partial charge in [-0.05, 0) is 43.9 Å². The van der Waals surface area contributed by atoms with Crippen LogP contribution in [0.25, 0.3) is 11.3 Å². The van der Waals surface area contributed by atoms with Gasteiger partial charge in [0.25, 0.3) is 0 Å². The van der Waals surface area contributed by atoms with E-state index in [1.807, 2.05) is 69.0 Å². The molecule has 0 saturated carbocycles. The molecule has 1 aliphatic heterocycles. The van der Waals surface area contributed by atoms with E-state index >= 15 is 0 Å². The van der Waals surface area contributed by atoms with Crippen LogP contribution in [0.5, 0.6) is 0 Å². The third-order valence-corrected chi connectivity index (χ3v) is 6.63. The maximum absolute atomic E-state index is 13.1. The molecule has 1 saturated heterocycles. The van der Waals surface area contributed by atoms with Crippen LogP contribution >= 0.6 is 11.6 Å². The van der Waals surface area contributed by atoms with Gasteiger partial charge in [0.15, 0.2) is 5.82 Å². The van der Waals surface area contributed by atoms with Gasteiger partial charge in [0.05, 0.1) is 17.3 Å². The first kappa shape index (κ1) is 25.9. The summed E-state index contributed by atoms with van der Waals surface area (Å²) in [5, 5.41) is 9.45. The number of hydrogen-bond donors (Lipinski definition) is 0. The lowest BCUT2D eigenvalue weighted by Crippen LogP contribution is -2.47. The second-order valence-corrected chi connectivity index (χ2v) is 9.76. The number of hydrogen-bond acceptors (Lipinski definition) is 5. The van der Waals surface area contributed by atoms with Crippen LogP contribution in [0.3, 0.4) is 0 Å². The van der Waals surface area contributed by atoms with E-state index in [9.17, 15) is 9.59 Å². The fourth-order valence-electron chi connectivity index (χ4n) is 4.12. The van der Waals surface area contributed by atoms with Gasteiger partial charge in [-0.25, -0.2) is 0 Å². The minimum Gasteiger partial charge on any atom is -0.353 e. The number of halogens is 1. The number of benzene rings is 1. The molecule has 1 aliphatic rings. The third kappa shape index (κ3) is 6.69. The van der Waals surface area contributed by atoms with Gasteiger partial charge >= 0.3 is 0 Å². The quantitative estimate of drug-likeness (QED) is 0.550. The van der Waals surface area contributed by atoms with Gasteiger partial charge in [0, 0.05) is 44.2 Å². The lowest BCUT2D eigenvalue weighted by Gasteiger charge is -2.31. The zero-order valence-electron chi connectivity index (χ0n) is 20.7. The highest BCUT2D eigenvalue weighted by atomic mass is 35.5. The highest BCUT2D eigenvalue weighted by molar-refractivity contribution is 6.33. The number of amides is 2. The van der Waals surface area contributed by atoms with Crippen LogP contribution in [-0.2, 0) is 9.59 Å². The van der Waals surface area contributed by atoms with Crippen molar-refractivity contribution in [2.45, 2.75) is 53.0 Å². The molecular weight excluding hydrogens is 450 g/mol. The normalized spacial score (nSPS) is 15.2. The zero-order chi connectivity index (χ0) is 24.7. The van der Waals surface area contributed by atoms with Crippen molar-refractivity contribution in [2.24, 2.45) is 5.92 Å². The molecule has 184 valence electrons. The molecule has 2 heterocycles. The molecule has 1 atom stereocenters. The van der Waals surface area contributed by atoms with Crippen molar-refractivity contribution < 1.29 is 9.59 Å². The summed E-state index contributed by atoms with van der Waals surface area (Å²) < 4.78 is 0. The van der Waals surface area contributed by atoms with E-state index in [0.29, 0.717) is 31.1 Å². The van der Waals surface area contributed by atoms with Crippen LogP contribution in [0.15, 0.2) is 36.4 Å². The van der Waals surface area contributed by atoms with Gasteiger partial charge in [-0.15, -0.1) is 10.2 Å². The molecule has 1 aromatic heterocycles. The van der Waals surface area contributed by atoms with Crippen LogP contribution in [0, 0.1) is 5.92 Å². The van der Waals surface area contributed by atoms with E-state index in [2.05, 4.69) is 15.1 Å². The maximum Gasteiger partial charge on any atom is 0.242 e. The molecule has 0 spiro atoms. The molecule has 2 amide bonds. The van der Waals surface area contributed by atoms with E-state index in [4.69, 9.17) is 11.6 Å². The predicted octanol–water partition coefficient (Wildman–Crippen LogP) is 4.51. The van der Waals surface area contributed by atoms with Gasteiger partial charge < -0.3 is 14.7 Å². The minimum atomic E-state index is 0.0133. The van der Waals surface area contributed by atoms with Crippen LogP contribution in [0.4, 0.5) is 5.82 Å². The lowest BCUT2D eigenvalue weighted by atomic mass is 10.1. The first-order chi connectivity index (χ1) is 16.3. The Labute approximate surface area is 208 Å². The Kier molecular flexibility index (Phi) is 9.28. The average Bonchev–Trinajstić information content (AvgIpc) is 3.08. The Balaban J connectivity index is 1.62. The SMILES string of the molecule is CCC(C)N(CC(=O)N1CCCN(c2ccc(-c3ccccc3Cl)nn2)CC1)C(=O)CC(C)C. The zero-order valence-corrected chi connectivity index (χ0v) is 21.5. The van der Waals surface area contributed by atoms with Crippen molar-refractivity contribution >= 4 is 29.2 Å². The Hall–Kier alpha value is -2.67. The molecule has 0 aliphatic carbocycles. The largest absolute Gasteiger partial charge is 0.353 e. The fourth-order valence-corrected chi connectivity index (χ4v) is 4.36. The Morgan fingerprint density at radius 2 is 1.79 bits per heavy atom. The molecule has 3 rings (SSSR count). The van der Waals surface area contributed by atoms with Gasteiger partial charge in [-0.2, -0.15) is 0 Å². The maximum atomic E-state index is 13.1. The van der Waals surface area contributed by atoms with Crippen molar-refractivity contribution in [1.82, 2.24) is 20.0 Å². The number of anilines is 1. The van der Waals surface area contributed by atoms with Gasteiger partial charge in [0.1, 0.15) is 0 Å². The molecule has 1 unspecified atom stereocenters. The van der Waals surface area contributed by atoms with Crippen LogP contribution < -0.4 is 4.90 Å². The Morgan fingerprint density at radius 1 is 1.03 bits per heavy atom. The van der Waals surface area contributed by atoms with Gasteiger partial charge in [0.2, 0.25) is 11.8 Å². The van der Waals surface area contributed by atoms with Crippen molar-refractivity contribution in [1.29, 1.82) is 0 Å². The van der Waals surface area contributed by atoms with E-state index < -0.39 is 0 Å². The number of nitrogens with zero attached hydrogens (tertiary/aromatic N) is 5. The lowest BCUT2D eigenvalue weighted by molar-refractivity contribution is -0.142. The number of carbonyl (C=O) groups excluding carboxylic acids is 2. The minimum absolute atomic E-state index is 0.0133. The predicted molar refractivity (Wildman–Crippen MR) is 137 cm³/mol. The van der Waals surface area contributed by atoms with Gasteiger partial charge in [-0.3, -0.25) is 9.59 Å². The third-order valence-electron chi connectivity index (χ3n) is 6.30. The molecule has 7 nitrogen and oxygen atoms in total. The van der Waals surface area contributed by atoms with Gasteiger partial charge in [-0.1, -0.05) is 50.6 Å². The van der Waals surface area contributed by atoms with E-state index in [0.717, 1.165) is 36.5 Å². The average molecular weight is 486 g/mol. The molecule has 0 N–H and O–H groups in total. The van der Waals surface area contributed by atoms with Crippen molar-refractivity contribution in [2.75, 3.05) is 37.6 Å². The van der Waals surface area contributed by atoms with Crippen LogP contribution in [-0.4, -0.2) is 70.6 Å². The number of aromatic nitrogens is 2. The Morgan fingerprint density at radius 3 is 2.44 bits per heavy atom. The summed E-state index contributed by atoms with van der Waals surface area (Å²) in [6.07, 6.45) is 2.13. The molecule has 2 aromatic rings. The standard InChI is InChI=1S/C26H36ClN5O2/c1-5-20(4)32(25(33)17-19(2)3)18-26(34)31-14-8-13-30(15-16-31)24-12-11-23(28-29-24)21-9-6-7-10-22(21)27/h6-7,9-12,19-20H,5,8,13-18H2,1-4H3. The van der Waals surface area contributed by atoms with E-state index in [1.54, 1.807) is 4.90 Å². The second kappa shape index (κ2) is 12.2. The first-order valence-corrected chi connectivity index (χ1v) is 12.6.